The third-order valence-electron chi connectivity index (χ3n) is 3.82. The summed E-state index contributed by atoms with van der Waals surface area (Å²) in [6, 6.07) is 15.9. The van der Waals surface area contributed by atoms with Gasteiger partial charge in [0, 0.05) is 35.4 Å². The Kier molecular flexibility index (Phi) is 3.56. The van der Waals surface area contributed by atoms with Crippen LogP contribution in [0.4, 0.5) is 5.69 Å². The number of rotatable bonds is 2. The molecule has 0 saturated carbocycles. The molecule has 0 unspecified atom stereocenters. The van der Waals surface area contributed by atoms with Gasteiger partial charge in [0.1, 0.15) is 0 Å². The number of Topliss-reactive ketones (excluding diaryl/α,β-unsaturated/α-hetero) is 1. The molecule has 3 rings (SSSR count). The lowest BCUT2D eigenvalue weighted by atomic mass is 9.87. The molecule has 21 heavy (non-hydrogen) atoms. The van der Waals surface area contributed by atoms with Crippen LogP contribution in [0.2, 0.25) is 5.02 Å². The van der Waals surface area contributed by atoms with Gasteiger partial charge in [-0.1, -0.05) is 41.9 Å². The van der Waals surface area contributed by atoms with Gasteiger partial charge >= 0.3 is 0 Å². The van der Waals surface area contributed by atoms with Gasteiger partial charge in [-0.15, -0.1) is 0 Å². The summed E-state index contributed by atoms with van der Waals surface area (Å²) in [6.07, 6.45) is 0. The van der Waals surface area contributed by atoms with E-state index in [4.69, 9.17) is 11.6 Å². The molecule has 0 N–H and O–H groups in total. The Labute approximate surface area is 129 Å². The molecule has 1 aliphatic rings. The number of carbonyl (C=O) groups is 1. The average Bonchev–Trinajstić information content (AvgIpc) is 2.47. The smallest absolute Gasteiger partial charge is 0.158 e. The lowest BCUT2D eigenvalue weighted by Crippen LogP contribution is -2.28. The summed E-state index contributed by atoms with van der Waals surface area (Å²) in [7, 11) is 2.00. The molecule has 2 aromatic rings. The maximum Gasteiger partial charge on any atom is 0.158 e. The number of hydrogen-bond acceptors (Lipinski definition) is 2. The summed E-state index contributed by atoms with van der Waals surface area (Å²) in [5.74, 6) is 0.103. The zero-order chi connectivity index (χ0) is 15.0. The maximum atomic E-state index is 12.1. The van der Waals surface area contributed by atoms with Crippen molar-refractivity contribution in [3.05, 3.63) is 70.3 Å². The number of carbonyl (C=O) groups excluding carboxylic acids is 1. The van der Waals surface area contributed by atoms with E-state index in [1.165, 1.54) is 0 Å². The van der Waals surface area contributed by atoms with Crippen molar-refractivity contribution in [1.82, 2.24) is 0 Å². The fourth-order valence-corrected chi connectivity index (χ4v) is 3.00. The average molecular weight is 298 g/mol. The molecule has 2 nitrogen and oxygen atoms in total. The molecule has 0 amide bonds. The van der Waals surface area contributed by atoms with Crippen molar-refractivity contribution >= 4 is 28.6 Å². The Morgan fingerprint density at radius 1 is 1.14 bits per heavy atom. The van der Waals surface area contributed by atoms with Crippen LogP contribution >= 0.6 is 11.6 Å². The minimum Gasteiger partial charge on any atom is -0.370 e. The fourth-order valence-electron chi connectivity index (χ4n) is 2.83. The van der Waals surface area contributed by atoms with Crippen molar-refractivity contribution in [3.8, 4) is 0 Å². The van der Waals surface area contributed by atoms with E-state index >= 15 is 0 Å². The monoisotopic (exact) mass is 297 g/mol. The summed E-state index contributed by atoms with van der Waals surface area (Å²) in [4.78, 5) is 14.2. The fraction of sp³-hybridized carbons (Fsp3) is 0.167. The standard InChI is InChI=1S/C18H16ClNO/c1-12(21)16-11-20(2)17-9-8-14(19)10-15(17)18(16)13-6-4-3-5-7-13/h3-10H,11H2,1-2H3. The number of likely N-dealkylation sites (N-methyl/N-ethyl adjacent to an activating group) is 1. The van der Waals surface area contributed by atoms with Crippen molar-refractivity contribution in [2.75, 3.05) is 18.5 Å². The van der Waals surface area contributed by atoms with Crippen LogP contribution in [0, 0.1) is 0 Å². The second-order valence-corrected chi connectivity index (χ2v) is 5.73. The van der Waals surface area contributed by atoms with Crippen LogP contribution in [0.5, 0.6) is 0 Å². The Morgan fingerprint density at radius 3 is 2.52 bits per heavy atom. The van der Waals surface area contributed by atoms with Gasteiger partial charge in [0.15, 0.2) is 5.78 Å². The van der Waals surface area contributed by atoms with Gasteiger partial charge in [0.25, 0.3) is 0 Å². The highest BCUT2D eigenvalue weighted by Gasteiger charge is 2.25. The van der Waals surface area contributed by atoms with Crippen molar-refractivity contribution < 1.29 is 4.79 Å². The molecular weight excluding hydrogens is 282 g/mol. The lowest BCUT2D eigenvalue weighted by molar-refractivity contribution is -0.113. The predicted molar refractivity (Wildman–Crippen MR) is 87.9 cm³/mol. The third kappa shape index (κ3) is 2.47. The molecule has 0 saturated heterocycles. The number of nitrogens with zero attached hydrogens (tertiary/aromatic N) is 1. The maximum absolute atomic E-state index is 12.1. The van der Waals surface area contributed by atoms with E-state index < -0.39 is 0 Å². The van der Waals surface area contributed by atoms with E-state index in [0.29, 0.717) is 11.6 Å². The molecule has 0 fully saturated rings. The van der Waals surface area contributed by atoms with Crippen LogP contribution in [-0.4, -0.2) is 19.4 Å². The molecule has 0 atom stereocenters. The molecule has 0 bridgehead atoms. The number of benzene rings is 2. The normalized spacial score (nSPS) is 14.1. The van der Waals surface area contributed by atoms with Crippen LogP contribution in [-0.2, 0) is 4.79 Å². The highest BCUT2D eigenvalue weighted by atomic mass is 35.5. The van der Waals surface area contributed by atoms with Crippen molar-refractivity contribution in [2.24, 2.45) is 0 Å². The Morgan fingerprint density at radius 2 is 1.86 bits per heavy atom. The zero-order valence-corrected chi connectivity index (χ0v) is 12.8. The Balaban J connectivity index is 2.32. The van der Waals surface area contributed by atoms with Crippen LogP contribution in [0.3, 0.4) is 0 Å². The molecule has 1 aliphatic heterocycles. The number of fused-ring (bicyclic) bond motifs is 1. The Hall–Kier alpha value is -2.06. The van der Waals surface area contributed by atoms with Gasteiger partial charge in [-0.25, -0.2) is 0 Å². The Bertz CT molecular complexity index is 734. The van der Waals surface area contributed by atoms with Crippen LogP contribution < -0.4 is 4.90 Å². The number of anilines is 1. The van der Waals surface area contributed by atoms with Crippen molar-refractivity contribution in [3.63, 3.8) is 0 Å². The lowest BCUT2D eigenvalue weighted by Gasteiger charge is -2.31. The van der Waals surface area contributed by atoms with Gasteiger partial charge < -0.3 is 4.90 Å². The summed E-state index contributed by atoms with van der Waals surface area (Å²) in [5, 5.41) is 0.681. The van der Waals surface area contributed by atoms with Gasteiger partial charge in [-0.05, 0) is 36.3 Å². The minimum atomic E-state index is 0.103. The molecule has 0 aromatic heterocycles. The number of ketones is 1. The first-order valence-corrected chi connectivity index (χ1v) is 7.26. The molecule has 0 aliphatic carbocycles. The van der Waals surface area contributed by atoms with Gasteiger partial charge in [0.2, 0.25) is 0 Å². The minimum absolute atomic E-state index is 0.103. The third-order valence-corrected chi connectivity index (χ3v) is 4.06. The highest BCUT2D eigenvalue weighted by Crippen LogP contribution is 2.39. The number of halogens is 1. The van der Waals surface area contributed by atoms with E-state index in [-0.39, 0.29) is 5.78 Å². The largest absolute Gasteiger partial charge is 0.370 e. The van der Waals surface area contributed by atoms with E-state index in [9.17, 15) is 4.79 Å². The van der Waals surface area contributed by atoms with Crippen LogP contribution in [0.25, 0.3) is 5.57 Å². The molecule has 3 heteroatoms. The molecular formula is C18H16ClNO. The predicted octanol–water partition coefficient (Wildman–Crippen LogP) is 4.18. The summed E-state index contributed by atoms with van der Waals surface area (Å²) in [6.45, 7) is 2.25. The quantitative estimate of drug-likeness (QED) is 0.829. The molecule has 0 radical (unpaired) electrons. The summed E-state index contributed by atoms with van der Waals surface area (Å²) >= 11 is 6.18. The SMILES string of the molecule is CC(=O)C1=C(c2ccccc2)c2cc(Cl)ccc2N(C)C1. The van der Waals surface area contributed by atoms with Crippen molar-refractivity contribution in [2.45, 2.75) is 6.92 Å². The van der Waals surface area contributed by atoms with Crippen LogP contribution in [0.1, 0.15) is 18.1 Å². The molecule has 0 spiro atoms. The van der Waals surface area contributed by atoms with E-state index in [0.717, 1.165) is 28.0 Å². The van der Waals surface area contributed by atoms with Crippen LogP contribution in [0.15, 0.2) is 54.1 Å². The van der Waals surface area contributed by atoms with E-state index in [1.54, 1.807) is 6.92 Å². The zero-order valence-electron chi connectivity index (χ0n) is 12.1. The summed E-state index contributed by atoms with van der Waals surface area (Å²) in [5.41, 5.74) is 5.01. The van der Waals surface area contributed by atoms with Gasteiger partial charge in [-0.2, -0.15) is 0 Å². The first-order chi connectivity index (χ1) is 10.1. The second-order valence-electron chi connectivity index (χ2n) is 5.29. The number of hydrogen-bond donors (Lipinski definition) is 0. The van der Waals surface area contributed by atoms with Gasteiger partial charge in [-0.3, -0.25) is 4.79 Å². The first-order valence-electron chi connectivity index (χ1n) is 6.88. The highest BCUT2D eigenvalue weighted by molar-refractivity contribution is 6.31. The summed E-state index contributed by atoms with van der Waals surface area (Å²) < 4.78 is 0. The van der Waals surface area contributed by atoms with Crippen molar-refractivity contribution in [1.29, 1.82) is 0 Å². The van der Waals surface area contributed by atoms with E-state index in [2.05, 4.69) is 4.90 Å². The molecule has 1 heterocycles. The van der Waals surface area contributed by atoms with E-state index in [1.807, 2.05) is 55.6 Å². The molecule has 106 valence electrons. The molecule has 2 aromatic carbocycles. The van der Waals surface area contributed by atoms with Gasteiger partial charge in [0.05, 0.1) is 0 Å². The second kappa shape index (κ2) is 5.38. The topological polar surface area (TPSA) is 20.3 Å². The first kappa shape index (κ1) is 13.9.